The van der Waals surface area contributed by atoms with Gasteiger partial charge in [0.1, 0.15) is 0 Å². The Hall–Kier alpha value is -0.430. The second-order valence-corrected chi connectivity index (χ2v) is 8.85. The Morgan fingerprint density at radius 1 is 1.40 bits per heavy atom. The molecule has 1 unspecified atom stereocenters. The number of nitrogens with zero attached hydrogens (tertiary/aromatic N) is 1. The van der Waals surface area contributed by atoms with E-state index >= 15 is 0 Å². The van der Waals surface area contributed by atoms with Crippen molar-refractivity contribution in [3.63, 3.8) is 0 Å². The minimum atomic E-state index is -3.46. The highest BCUT2D eigenvalue weighted by atomic mass is 79.9. The van der Waals surface area contributed by atoms with Gasteiger partial charge in [0.25, 0.3) is 0 Å². The van der Waals surface area contributed by atoms with Crippen molar-refractivity contribution in [3.8, 4) is 0 Å². The lowest BCUT2D eigenvalue weighted by molar-refractivity contribution is 0.155. The van der Waals surface area contributed by atoms with Gasteiger partial charge in [-0.2, -0.15) is 4.31 Å². The number of sulfonamides is 1. The molecule has 1 aromatic rings. The predicted octanol–water partition coefficient (Wildman–Crippen LogP) is 2.51. The van der Waals surface area contributed by atoms with Crippen LogP contribution in [0.25, 0.3) is 0 Å². The van der Waals surface area contributed by atoms with Crippen molar-refractivity contribution in [2.24, 2.45) is 11.1 Å². The van der Waals surface area contributed by atoms with E-state index in [-0.39, 0.29) is 11.5 Å². The van der Waals surface area contributed by atoms with Gasteiger partial charge in [0.15, 0.2) is 0 Å². The Morgan fingerprint density at radius 2 is 2.05 bits per heavy atom. The molecule has 20 heavy (non-hydrogen) atoms. The third kappa shape index (κ3) is 2.79. The lowest BCUT2D eigenvalue weighted by atomic mass is 9.81. The van der Waals surface area contributed by atoms with Gasteiger partial charge in [-0.15, -0.1) is 0 Å². The Labute approximate surface area is 129 Å². The molecular weight excluding hydrogens is 340 g/mol. The van der Waals surface area contributed by atoms with E-state index < -0.39 is 10.0 Å². The van der Waals surface area contributed by atoms with Crippen LogP contribution in [0.5, 0.6) is 0 Å². The molecule has 1 aliphatic heterocycles. The summed E-state index contributed by atoms with van der Waals surface area (Å²) in [5.74, 6) is 0. The smallest absolute Gasteiger partial charge is 0.243 e. The Bertz CT molecular complexity index is 614. The van der Waals surface area contributed by atoms with Crippen LogP contribution < -0.4 is 5.73 Å². The Balaban J connectivity index is 2.39. The molecule has 0 aromatic heterocycles. The van der Waals surface area contributed by atoms with Crippen LogP contribution in [0, 0.1) is 12.3 Å². The third-order valence-corrected chi connectivity index (χ3v) is 6.96. The molecule has 0 amide bonds. The Kier molecular flexibility index (Phi) is 4.31. The molecule has 1 atom stereocenters. The summed E-state index contributed by atoms with van der Waals surface area (Å²) >= 11 is 3.39. The summed E-state index contributed by atoms with van der Waals surface area (Å²) in [4.78, 5) is 0.373. The van der Waals surface area contributed by atoms with Crippen molar-refractivity contribution < 1.29 is 8.42 Å². The van der Waals surface area contributed by atoms with Crippen molar-refractivity contribution in [1.29, 1.82) is 0 Å². The lowest BCUT2D eigenvalue weighted by Crippen LogP contribution is -2.53. The molecule has 1 aliphatic rings. The van der Waals surface area contributed by atoms with Crippen LogP contribution in [0.15, 0.2) is 27.6 Å². The number of benzene rings is 1. The van der Waals surface area contributed by atoms with Gasteiger partial charge >= 0.3 is 0 Å². The standard InChI is InChI=1S/C14H21BrN2O2S/c1-10-11(15)5-4-6-12(10)20(18,19)17-8-7-13(16)14(2,3)9-17/h4-6,13H,7-9,16H2,1-3H3. The van der Waals surface area contributed by atoms with Crippen molar-refractivity contribution in [2.45, 2.75) is 38.1 Å². The highest BCUT2D eigenvalue weighted by Gasteiger charge is 2.39. The van der Waals surface area contributed by atoms with E-state index in [1.54, 1.807) is 16.4 Å². The first-order valence-corrected chi connectivity index (χ1v) is 8.90. The molecule has 0 bridgehead atoms. The molecule has 1 saturated heterocycles. The predicted molar refractivity (Wildman–Crippen MR) is 84.0 cm³/mol. The van der Waals surface area contributed by atoms with Crippen LogP contribution in [-0.2, 0) is 10.0 Å². The van der Waals surface area contributed by atoms with Gasteiger partial charge in [-0.3, -0.25) is 0 Å². The summed E-state index contributed by atoms with van der Waals surface area (Å²) in [6.45, 7) is 6.80. The molecule has 4 nitrogen and oxygen atoms in total. The highest BCUT2D eigenvalue weighted by molar-refractivity contribution is 9.10. The maximum atomic E-state index is 12.8. The SMILES string of the molecule is Cc1c(Br)cccc1S(=O)(=O)N1CCC(N)C(C)(C)C1. The summed E-state index contributed by atoms with van der Waals surface area (Å²) in [6, 6.07) is 5.31. The summed E-state index contributed by atoms with van der Waals surface area (Å²) in [7, 11) is -3.46. The van der Waals surface area contributed by atoms with Gasteiger partial charge in [0.2, 0.25) is 10.0 Å². The van der Waals surface area contributed by atoms with Gasteiger partial charge in [0.05, 0.1) is 4.90 Å². The maximum Gasteiger partial charge on any atom is 0.243 e. The summed E-state index contributed by atoms with van der Waals surface area (Å²) < 4.78 is 28.0. The monoisotopic (exact) mass is 360 g/mol. The van der Waals surface area contributed by atoms with Gasteiger partial charge in [0, 0.05) is 23.6 Å². The van der Waals surface area contributed by atoms with Crippen LogP contribution >= 0.6 is 15.9 Å². The molecule has 0 radical (unpaired) electrons. The summed E-state index contributed by atoms with van der Waals surface area (Å²) in [5, 5.41) is 0. The fourth-order valence-electron chi connectivity index (χ4n) is 2.54. The maximum absolute atomic E-state index is 12.8. The van der Waals surface area contributed by atoms with Crippen LogP contribution in [0.3, 0.4) is 0 Å². The fraction of sp³-hybridized carbons (Fsp3) is 0.571. The van der Waals surface area contributed by atoms with Crippen LogP contribution in [0.4, 0.5) is 0 Å². The van der Waals surface area contributed by atoms with E-state index in [1.807, 2.05) is 26.8 Å². The second-order valence-electron chi connectivity index (χ2n) is 6.09. The van der Waals surface area contributed by atoms with Crippen molar-refractivity contribution in [2.75, 3.05) is 13.1 Å². The first-order valence-electron chi connectivity index (χ1n) is 6.67. The normalized spacial score (nSPS) is 23.8. The number of rotatable bonds is 2. The fourth-order valence-corrected chi connectivity index (χ4v) is 4.91. The second kappa shape index (κ2) is 5.40. The number of halogens is 1. The average Bonchev–Trinajstić information content (AvgIpc) is 2.35. The topological polar surface area (TPSA) is 63.4 Å². The summed E-state index contributed by atoms with van der Waals surface area (Å²) in [6.07, 6.45) is 0.694. The van der Waals surface area contributed by atoms with Gasteiger partial charge < -0.3 is 5.73 Å². The lowest BCUT2D eigenvalue weighted by Gasteiger charge is -2.41. The first kappa shape index (κ1) is 15.9. The average molecular weight is 361 g/mol. The molecule has 0 aliphatic carbocycles. The molecular formula is C14H21BrN2O2S. The number of hydrogen-bond donors (Lipinski definition) is 1. The number of piperidine rings is 1. The van der Waals surface area contributed by atoms with Gasteiger partial charge in [-0.25, -0.2) is 8.42 Å². The molecule has 1 aromatic carbocycles. The molecule has 2 rings (SSSR count). The highest BCUT2D eigenvalue weighted by Crippen LogP contribution is 2.33. The minimum Gasteiger partial charge on any atom is -0.327 e. The van der Waals surface area contributed by atoms with E-state index in [2.05, 4.69) is 15.9 Å². The zero-order valence-corrected chi connectivity index (χ0v) is 14.5. The quantitative estimate of drug-likeness (QED) is 0.880. The molecule has 0 saturated carbocycles. The molecule has 2 N–H and O–H groups in total. The molecule has 0 spiro atoms. The minimum absolute atomic E-state index is 0.0394. The Morgan fingerprint density at radius 3 is 2.65 bits per heavy atom. The van der Waals surface area contributed by atoms with E-state index in [0.717, 1.165) is 10.0 Å². The molecule has 1 heterocycles. The van der Waals surface area contributed by atoms with Gasteiger partial charge in [-0.1, -0.05) is 35.8 Å². The zero-order chi connectivity index (χ0) is 15.1. The molecule has 6 heteroatoms. The number of nitrogens with two attached hydrogens (primary N) is 1. The largest absolute Gasteiger partial charge is 0.327 e. The molecule has 112 valence electrons. The van der Waals surface area contributed by atoms with E-state index in [4.69, 9.17) is 5.73 Å². The van der Waals surface area contributed by atoms with E-state index in [9.17, 15) is 8.42 Å². The van der Waals surface area contributed by atoms with Crippen LogP contribution in [-0.4, -0.2) is 31.9 Å². The van der Waals surface area contributed by atoms with Crippen molar-refractivity contribution >= 4 is 26.0 Å². The van der Waals surface area contributed by atoms with Crippen molar-refractivity contribution in [1.82, 2.24) is 4.31 Å². The van der Waals surface area contributed by atoms with Crippen LogP contribution in [0.1, 0.15) is 25.8 Å². The van der Waals surface area contributed by atoms with Crippen LogP contribution in [0.2, 0.25) is 0 Å². The zero-order valence-electron chi connectivity index (χ0n) is 12.1. The van der Waals surface area contributed by atoms with Gasteiger partial charge in [-0.05, 0) is 36.5 Å². The summed E-state index contributed by atoms with van der Waals surface area (Å²) in [5.41, 5.74) is 6.63. The van der Waals surface area contributed by atoms with E-state index in [0.29, 0.717) is 24.4 Å². The van der Waals surface area contributed by atoms with Crippen molar-refractivity contribution in [3.05, 3.63) is 28.2 Å². The number of hydrogen-bond acceptors (Lipinski definition) is 3. The third-order valence-electron chi connectivity index (χ3n) is 4.11. The van der Waals surface area contributed by atoms with E-state index in [1.165, 1.54) is 0 Å². The first-order chi connectivity index (χ1) is 9.16. The molecule has 1 fully saturated rings.